The minimum Gasteiger partial charge on any atom is -0.353 e. The van der Waals surface area contributed by atoms with E-state index >= 15 is 0 Å². The average Bonchev–Trinajstić information content (AvgIpc) is 3.07. The predicted molar refractivity (Wildman–Crippen MR) is 68.1 cm³/mol. The molecule has 1 atom stereocenters. The van der Waals surface area contributed by atoms with Gasteiger partial charge in [-0.05, 0) is 43.7 Å². The average molecular weight is 230 g/mol. The summed E-state index contributed by atoms with van der Waals surface area (Å²) < 4.78 is 1.88. The van der Waals surface area contributed by atoms with Gasteiger partial charge in [-0.1, -0.05) is 13.0 Å². The Balaban J connectivity index is 1.74. The van der Waals surface area contributed by atoms with Crippen LogP contribution in [-0.2, 0) is 0 Å². The number of hydrogen-bond donors (Lipinski definition) is 1. The summed E-state index contributed by atoms with van der Waals surface area (Å²) in [5.41, 5.74) is 2.02. The lowest BCUT2D eigenvalue weighted by molar-refractivity contribution is 0.535. The maximum Gasteiger partial charge on any atom is 0.243 e. The molecular weight excluding hydrogens is 212 g/mol. The molecule has 0 aliphatic heterocycles. The quantitative estimate of drug-likeness (QED) is 0.877. The highest BCUT2D eigenvalue weighted by atomic mass is 15.3. The van der Waals surface area contributed by atoms with E-state index < -0.39 is 0 Å². The van der Waals surface area contributed by atoms with E-state index in [1.54, 1.807) is 0 Å². The van der Waals surface area contributed by atoms with E-state index in [1.807, 2.05) is 29.6 Å². The van der Waals surface area contributed by atoms with Crippen LogP contribution in [0.2, 0.25) is 0 Å². The van der Waals surface area contributed by atoms with Crippen molar-refractivity contribution in [1.29, 1.82) is 0 Å². The summed E-state index contributed by atoms with van der Waals surface area (Å²) in [6.45, 7) is 5.31. The topological polar surface area (TPSA) is 42.2 Å². The molecule has 2 heterocycles. The van der Waals surface area contributed by atoms with Gasteiger partial charge in [-0.3, -0.25) is 0 Å². The fourth-order valence-electron chi connectivity index (χ4n) is 2.19. The molecule has 17 heavy (non-hydrogen) atoms. The lowest BCUT2D eigenvalue weighted by Crippen LogP contribution is -2.13. The lowest BCUT2D eigenvalue weighted by Gasteiger charge is -2.09. The minimum atomic E-state index is 0.725. The molecule has 4 nitrogen and oxygen atoms in total. The smallest absolute Gasteiger partial charge is 0.243 e. The fraction of sp³-hybridized carbons (Fsp3) is 0.538. The van der Waals surface area contributed by atoms with Gasteiger partial charge in [-0.15, -0.1) is 5.10 Å². The van der Waals surface area contributed by atoms with E-state index in [2.05, 4.69) is 22.3 Å². The first kappa shape index (κ1) is 10.6. The molecule has 1 saturated carbocycles. The molecule has 2 aromatic rings. The highest BCUT2D eigenvalue weighted by molar-refractivity contribution is 5.44. The second-order valence-corrected chi connectivity index (χ2v) is 5.07. The molecule has 1 N–H and O–H groups in total. The van der Waals surface area contributed by atoms with Crippen LogP contribution < -0.4 is 5.32 Å². The van der Waals surface area contributed by atoms with Gasteiger partial charge in [0.2, 0.25) is 5.95 Å². The molecule has 1 unspecified atom stereocenters. The van der Waals surface area contributed by atoms with Crippen LogP contribution in [0.1, 0.15) is 25.5 Å². The van der Waals surface area contributed by atoms with Gasteiger partial charge in [0.1, 0.15) is 0 Å². The summed E-state index contributed by atoms with van der Waals surface area (Å²) in [6.07, 6.45) is 2.78. The highest BCUT2D eigenvalue weighted by Crippen LogP contribution is 2.36. The maximum atomic E-state index is 4.47. The molecular formula is C13H18N4. The second-order valence-electron chi connectivity index (χ2n) is 5.07. The van der Waals surface area contributed by atoms with Gasteiger partial charge < -0.3 is 5.32 Å². The van der Waals surface area contributed by atoms with Crippen molar-refractivity contribution in [2.75, 3.05) is 11.9 Å². The van der Waals surface area contributed by atoms with Crippen molar-refractivity contribution < 1.29 is 0 Å². The molecule has 0 radical (unpaired) electrons. The zero-order chi connectivity index (χ0) is 11.8. The van der Waals surface area contributed by atoms with Crippen LogP contribution in [0.15, 0.2) is 18.2 Å². The Hall–Kier alpha value is -1.58. The summed E-state index contributed by atoms with van der Waals surface area (Å²) in [7, 11) is 0. The Kier molecular flexibility index (Phi) is 2.50. The summed E-state index contributed by atoms with van der Waals surface area (Å²) in [5, 5.41) is 7.80. The Morgan fingerprint density at radius 1 is 1.47 bits per heavy atom. The molecule has 1 aliphatic carbocycles. The Morgan fingerprint density at radius 3 is 3.00 bits per heavy atom. The molecule has 0 bridgehead atoms. The Morgan fingerprint density at radius 2 is 2.29 bits per heavy atom. The zero-order valence-electron chi connectivity index (χ0n) is 10.3. The van der Waals surface area contributed by atoms with Gasteiger partial charge in [-0.2, -0.15) is 4.98 Å². The van der Waals surface area contributed by atoms with E-state index in [4.69, 9.17) is 0 Å². The van der Waals surface area contributed by atoms with Crippen molar-refractivity contribution in [3.63, 3.8) is 0 Å². The minimum absolute atomic E-state index is 0.725. The number of aryl methyl sites for hydroxylation is 1. The molecule has 0 saturated heterocycles. The van der Waals surface area contributed by atoms with Crippen molar-refractivity contribution in [1.82, 2.24) is 14.6 Å². The van der Waals surface area contributed by atoms with Crippen LogP contribution >= 0.6 is 0 Å². The summed E-state index contributed by atoms with van der Waals surface area (Å²) in [4.78, 5) is 4.47. The molecule has 0 aromatic carbocycles. The largest absolute Gasteiger partial charge is 0.353 e. The first-order valence-electron chi connectivity index (χ1n) is 6.30. The van der Waals surface area contributed by atoms with Crippen molar-refractivity contribution in [3.8, 4) is 0 Å². The maximum absolute atomic E-state index is 4.47. The molecule has 90 valence electrons. The fourth-order valence-corrected chi connectivity index (χ4v) is 2.19. The molecule has 3 rings (SSSR count). The van der Waals surface area contributed by atoms with Crippen LogP contribution in [0.3, 0.4) is 0 Å². The summed E-state index contributed by atoms with van der Waals surface area (Å²) in [5.74, 6) is 2.38. The van der Waals surface area contributed by atoms with Gasteiger partial charge in [0, 0.05) is 12.2 Å². The van der Waals surface area contributed by atoms with Crippen LogP contribution in [0.5, 0.6) is 0 Å². The number of anilines is 1. The number of rotatable bonds is 4. The van der Waals surface area contributed by atoms with Gasteiger partial charge in [0.25, 0.3) is 0 Å². The first-order valence-corrected chi connectivity index (χ1v) is 6.30. The highest BCUT2D eigenvalue weighted by Gasteiger charge is 2.27. The van der Waals surface area contributed by atoms with Gasteiger partial charge in [-0.25, -0.2) is 4.52 Å². The summed E-state index contributed by atoms with van der Waals surface area (Å²) >= 11 is 0. The van der Waals surface area contributed by atoms with Crippen LogP contribution in [0.4, 0.5) is 5.95 Å². The number of nitrogens with one attached hydrogen (secondary N) is 1. The van der Waals surface area contributed by atoms with E-state index in [-0.39, 0.29) is 0 Å². The van der Waals surface area contributed by atoms with Crippen molar-refractivity contribution in [2.24, 2.45) is 11.8 Å². The Labute approximate surface area is 101 Å². The molecule has 0 amide bonds. The van der Waals surface area contributed by atoms with Crippen molar-refractivity contribution >= 4 is 11.6 Å². The van der Waals surface area contributed by atoms with Crippen LogP contribution in [0, 0.1) is 18.8 Å². The third-order valence-corrected chi connectivity index (χ3v) is 3.56. The second kappa shape index (κ2) is 4.02. The normalized spacial score (nSPS) is 17.3. The molecule has 2 aromatic heterocycles. The third-order valence-electron chi connectivity index (χ3n) is 3.56. The van der Waals surface area contributed by atoms with Gasteiger partial charge in [0.05, 0.1) is 0 Å². The van der Waals surface area contributed by atoms with Crippen LogP contribution in [-0.4, -0.2) is 21.1 Å². The number of fused-ring (bicyclic) bond motifs is 1. The number of aromatic nitrogens is 3. The number of pyridine rings is 1. The number of nitrogens with zero attached hydrogens (tertiary/aromatic N) is 3. The van der Waals surface area contributed by atoms with E-state index in [1.165, 1.54) is 12.8 Å². The van der Waals surface area contributed by atoms with Crippen molar-refractivity contribution in [2.45, 2.75) is 26.7 Å². The first-order chi connectivity index (χ1) is 8.24. The standard InChI is InChI=1S/C13H18N4/c1-9(11-6-7-11)8-14-13-15-12-5-3-4-10(2)17(12)16-13/h3-5,9,11H,6-8H2,1-2H3,(H,14,16). The van der Waals surface area contributed by atoms with E-state index in [0.29, 0.717) is 0 Å². The lowest BCUT2D eigenvalue weighted by atomic mass is 10.1. The summed E-state index contributed by atoms with van der Waals surface area (Å²) in [6, 6.07) is 6.03. The van der Waals surface area contributed by atoms with Crippen molar-refractivity contribution in [3.05, 3.63) is 23.9 Å². The predicted octanol–water partition coefficient (Wildman–Crippen LogP) is 2.50. The number of hydrogen-bond acceptors (Lipinski definition) is 3. The third kappa shape index (κ3) is 2.12. The van der Waals surface area contributed by atoms with Crippen LogP contribution in [0.25, 0.3) is 5.65 Å². The molecule has 0 spiro atoms. The molecule has 4 heteroatoms. The van der Waals surface area contributed by atoms with E-state index in [0.717, 1.165) is 35.7 Å². The van der Waals surface area contributed by atoms with E-state index in [9.17, 15) is 0 Å². The Bertz CT molecular complexity index is 527. The SMILES string of the molecule is Cc1cccc2nc(NCC(C)C3CC3)nn12. The monoisotopic (exact) mass is 230 g/mol. The molecule has 1 fully saturated rings. The molecule has 1 aliphatic rings. The van der Waals surface area contributed by atoms with Gasteiger partial charge in [0.15, 0.2) is 5.65 Å². The zero-order valence-corrected chi connectivity index (χ0v) is 10.3. The van der Waals surface area contributed by atoms with Gasteiger partial charge >= 0.3 is 0 Å².